The lowest BCUT2D eigenvalue weighted by atomic mass is 10.0. The van der Waals surface area contributed by atoms with Gasteiger partial charge in [-0.05, 0) is 19.3 Å². The first-order valence-electron chi connectivity index (χ1n) is 4.31. The van der Waals surface area contributed by atoms with Crippen molar-refractivity contribution < 1.29 is 9.59 Å². The Hall–Kier alpha value is -0.580. The van der Waals surface area contributed by atoms with Crippen LogP contribution in [0.1, 0.15) is 19.3 Å². The van der Waals surface area contributed by atoms with Crippen LogP contribution < -0.4 is 5.73 Å². The van der Waals surface area contributed by atoms with Crippen LogP contribution in [0, 0.1) is 0 Å². The van der Waals surface area contributed by atoms with E-state index < -0.39 is 11.9 Å². The summed E-state index contributed by atoms with van der Waals surface area (Å²) in [6.07, 6.45) is 2.64. The van der Waals surface area contributed by atoms with E-state index in [4.69, 9.17) is 5.73 Å². The van der Waals surface area contributed by atoms with Crippen molar-refractivity contribution in [2.75, 3.05) is 11.9 Å². The zero-order valence-electron chi connectivity index (χ0n) is 7.33. The van der Waals surface area contributed by atoms with Crippen molar-refractivity contribution in [3.8, 4) is 0 Å². The summed E-state index contributed by atoms with van der Waals surface area (Å²) in [5.74, 6) is -0.447. The summed E-state index contributed by atoms with van der Waals surface area (Å²) in [5, 5.41) is 0.261. The second kappa shape index (κ2) is 4.60. The van der Waals surface area contributed by atoms with E-state index in [1.165, 1.54) is 0 Å². The molecule has 1 fully saturated rings. The van der Waals surface area contributed by atoms with E-state index in [9.17, 15) is 9.59 Å². The molecule has 1 aliphatic heterocycles. The third-order valence-electron chi connectivity index (χ3n) is 2.27. The van der Waals surface area contributed by atoms with E-state index in [1.807, 2.05) is 0 Å². The molecule has 1 rings (SSSR count). The Morgan fingerprint density at radius 3 is 2.69 bits per heavy atom. The van der Waals surface area contributed by atoms with Gasteiger partial charge in [-0.2, -0.15) is 0 Å². The molecule has 0 saturated carbocycles. The van der Waals surface area contributed by atoms with Crippen LogP contribution in [0.5, 0.6) is 0 Å². The van der Waals surface area contributed by atoms with Crippen molar-refractivity contribution in [3.05, 3.63) is 0 Å². The highest BCUT2D eigenvalue weighted by Gasteiger charge is 2.29. The Kier molecular flexibility index (Phi) is 3.71. The molecule has 5 heteroatoms. The molecule has 0 aromatic carbocycles. The monoisotopic (exact) mass is 248 g/mol. The molecule has 0 bridgehead atoms. The molecule has 1 atom stereocenters. The fraction of sp³-hybridized carbons (Fsp3) is 0.750. The number of hydrogen-bond acceptors (Lipinski definition) is 2. The summed E-state index contributed by atoms with van der Waals surface area (Å²) in [7, 11) is 0. The van der Waals surface area contributed by atoms with E-state index in [1.54, 1.807) is 4.90 Å². The smallest absolute Gasteiger partial charge is 0.240 e. The molecule has 2 N–H and O–H groups in total. The van der Waals surface area contributed by atoms with E-state index in [2.05, 4.69) is 15.9 Å². The summed E-state index contributed by atoms with van der Waals surface area (Å²) in [6, 6.07) is -0.390. The van der Waals surface area contributed by atoms with Crippen LogP contribution in [0.4, 0.5) is 0 Å². The molecule has 13 heavy (non-hydrogen) atoms. The van der Waals surface area contributed by atoms with E-state index in [0.29, 0.717) is 13.0 Å². The number of halogens is 1. The van der Waals surface area contributed by atoms with Crippen LogP contribution in [-0.2, 0) is 9.59 Å². The summed E-state index contributed by atoms with van der Waals surface area (Å²) >= 11 is 3.08. The number of hydrogen-bond donors (Lipinski definition) is 1. The van der Waals surface area contributed by atoms with Crippen molar-refractivity contribution in [3.63, 3.8) is 0 Å². The van der Waals surface area contributed by atoms with Gasteiger partial charge in [-0.25, -0.2) is 0 Å². The van der Waals surface area contributed by atoms with Crippen molar-refractivity contribution in [2.45, 2.75) is 25.3 Å². The third kappa shape index (κ3) is 2.43. The average molecular weight is 249 g/mol. The predicted molar refractivity (Wildman–Crippen MR) is 52.3 cm³/mol. The highest BCUT2D eigenvalue weighted by atomic mass is 79.9. The highest BCUT2D eigenvalue weighted by molar-refractivity contribution is 9.09. The molecule has 4 nitrogen and oxygen atoms in total. The Bertz CT molecular complexity index is 220. The Labute approximate surface area is 85.6 Å². The van der Waals surface area contributed by atoms with Gasteiger partial charge in [-0.3, -0.25) is 9.59 Å². The number of piperidine rings is 1. The summed E-state index contributed by atoms with van der Waals surface area (Å²) in [5.41, 5.74) is 5.20. The zero-order chi connectivity index (χ0) is 9.84. The number of likely N-dealkylation sites (tertiary alicyclic amines) is 1. The molecule has 0 aromatic heterocycles. The van der Waals surface area contributed by atoms with Crippen LogP contribution in [0.2, 0.25) is 0 Å². The highest BCUT2D eigenvalue weighted by Crippen LogP contribution is 2.17. The van der Waals surface area contributed by atoms with Crippen molar-refractivity contribution in [1.29, 1.82) is 0 Å². The molecular weight excluding hydrogens is 236 g/mol. The largest absolute Gasteiger partial charge is 0.368 e. The van der Waals surface area contributed by atoms with Crippen LogP contribution >= 0.6 is 15.9 Å². The molecule has 0 radical (unpaired) electrons. The van der Waals surface area contributed by atoms with Gasteiger partial charge < -0.3 is 10.6 Å². The van der Waals surface area contributed by atoms with Crippen molar-refractivity contribution in [1.82, 2.24) is 4.90 Å². The lowest BCUT2D eigenvalue weighted by Crippen LogP contribution is -2.50. The van der Waals surface area contributed by atoms with Gasteiger partial charge in [0.25, 0.3) is 0 Å². The summed E-state index contributed by atoms with van der Waals surface area (Å²) in [4.78, 5) is 23.9. The lowest BCUT2D eigenvalue weighted by Gasteiger charge is -2.33. The van der Waals surface area contributed by atoms with Gasteiger partial charge in [0.2, 0.25) is 11.8 Å². The Morgan fingerprint density at radius 2 is 2.15 bits per heavy atom. The number of carbonyl (C=O) groups excluding carboxylic acids is 2. The minimum absolute atomic E-state index is 0.0523. The van der Waals surface area contributed by atoms with Gasteiger partial charge in [0, 0.05) is 6.54 Å². The quantitative estimate of drug-likeness (QED) is 0.713. The van der Waals surface area contributed by atoms with Crippen molar-refractivity contribution in [2.24, 2.45) is 5.73 Å². The van der Waals surface area contributed by atoms with E-state index in [-0.39, 0.29) is 11.2 Å². The minimum atomic E-state index is -0.394. The van der Waals surface area contributed by atoms with Gasteiger partial charge in [-0.1, -0.05) is 15.9 Å². The number of primary amides is 1. The number of nitrogens with zero attached hydrogens (tertiary/aromatic N) is 1. The number of amides is 2. The lowest BCUT2D eigenvalue weighted by molar-refractivity contribution is -0.138. The maximum atomic E-state index is 11.4. The summed E-state index contributed by atoms with van der Waals surface area (Å²) in [6.45, 7) is 0.651. The first-order valence-corrected chi connectivity index (χ1v) is 5.43. The van der Waals surface area contributed by atoms with Crippen LogP contribution in [0.25, 0.3) is 0 Å². The molecule has 1 aliphatic rings. The molecule has 0 aromatic rings. The first-order chi connectivity index (χ1) is 6.16. The van der Waals surface area contributed by atoms with Gasteiger partial charge >= 0.3 is 0 Å². The normalized spacial score (nSPS) is 22.8. The molecule has 1 heterocycles. The Balaban J connectivity index is 2.67. The fourth-order valence-corrected chi connectivity index (χ4v) is 1.92. The topological polar surface area (TPSA) is 63.4 Å². The second-order valence-electron chi connectivity index (χ2n) is 3.13. The number of alkyl halides is 1. The first kappa shape index (κ1) is 10.5. The number of nitrogens with two attached hydrogens (primary N) is 1. The van der Waals surface area contributed by atoms with Gasteiger partial charge in [0.15, 0.2) is 0 Å². The SMILES string of the molecule is NC(=O)C1CCCCN1C(=O)CBr. The third-order valence-corrected chi connectivity index (χ3v) is 2.75. The molecule has 0 aliphatic carbocycles. The fourth-order valence-electron chi connectivity index (χ4n) is 1.60. The maximum Gasteiger partial charge on any atom is 0.240 e. The van der Waals surface area contributed by atoms with Crippen LogP contribution in [0.15, 0.2) is 0 Å². The number of rotatable bonds is 2. The van der Waals surface area contributed by atoms with Gasteiger partial charge in [0.05, 0.1) is 5.33 Å². The van der Waals surface area contributed by atoms with Crippen LogP contribution in [-0.4, -0.2) is 34.6 Å². The molecule has 74 valence electrons. The van der Waals surface area contributed by atoms with E-state index >= 15 is 0 Å². The maximum absolute atomic E-state index is 11.4. The molecular formula is C8H13BrN2O2. The average Bonchev–Trinajstić information content (AvgIpc) is 2.16. The van der Waals surface area contributed by atoms with Gasteiger partial charge in [0.1, 0.15) is 6.04 Å². The predicted octanol–water partition coefficient (Wildman–Crippen LogP) is 0.248. The van der Waals surface area contributed by atoms with Crippen molar-refractivity contribution >= 4 is 27.7 Å². The van der Waals surface area contributed by atoms with E-state index in [0.717, 1.165) is 12.8 Å². The van der Waals surface area contributed by atoms with Gasteiger partial charge in [-0.15, -0.1) is 0 Å². The van der Waals surface area contributed by atoms with Crippen LogP contribution in [0.3, 0.4) is 0 Å². The Morgan fingerprint density at radius 1 is 1.46 bits per heavy atom. The standard InChI is InChI=1S/C8H13BrN2O2/c9-5-7(12)11-4-2-1-3-6(11)8(10)13/h6H,1-5H2,(H2,10,13). The minimum Gasteiger partial charge on any atom is -0.368 e. The molecule has 1 unspecified atom stereocenters. The summed E-state index contributed by atoms with van der Waals surface area (Å²) < 4.78 is 0. The molecule has 2 amide bonds. The molecule has 0 spiro atoms. The molecule has 1 saturated heterocycles. The number of carbonyl (C=O) groups is 2. The second-order valence-corrected chi connectivity index (χ2v) is 3.70. The zero-order valence-corrected chi connectivity index (χ0v) is 8.92.